The monoisotopic (exact) mass is 460 g/mol. The summed E-state index contributed by atoms with van der Waals surface area (Å²) < 4.78 is 11.5. The number of hydrogen-bond acceptors (Lipinski definition) is 7. The van der Waals surface area contributed by atoms with Crippen LogP contribution >= 0.6 is 0 Å². The number of ether oxygens (including phenoxy) is 2. The summed E-state index contributed by atoms with van der Waals surface area (Å²) in [4.78, 5) is 25.8. The van der Waals surface area contributed by atoms with Crippen LogP contribution in [-0.2, 0) is 6.42 Å². The van der Waals surface area contributed by atoms with Crippen molar-refractivity contribution in [2.45, 2.75) is 32.4 Å². The minimum absolute atomic E-state index is 0.0517. The molecule has 1 aliphatic rings. The average Bonchev–Trinajstić information content (AvgIpc) is 2.86. The van der Waals surface area contributed by atoms with Gasteiger partial charge in [-0.05, 0) is 44.0 Å². The molecule has 0 N–H and O–H groups in total. The number of anilines is 1. The molecule has 1 aliphatic heterocycles. The molecule has 0 amide bonds. The van der Waals surface area contributed by atoms with Gasteiger partial charge in [0, 0.05) is 49.8 Å². The van der Waals surface area contributed by atoms with Crippen molar-refractivity contribution in [1.82, 2.24) is 14.9 Å². The van der Waals surface area contributed by atoms with Crippen LogP contribution < -0.4 is 14.4 Å². The molecule has 7 nitrogen and oxygen atoms in total. The summed E-state index contributed by atoms with van der Waals surface area (Å²) in [5.74, 6) is 1.69. The van der Waals surface area contributed by atoms with Crippen LogP contribution in [0.2, 0.25) is 0 Å². The lowest BCUT2D eigenvalue weighted by Gasteiger charge is -2.42. The Morgan fingerprint density at radius 1 is 1.03 bits per heavy atom. The second kappa shape index (κ2) is 11.1. The summed E-state index contributed by atoms with van der Waals surface area (Å²) in [6.45, 7) is 6.69. The van der Waals surface area contributed by atoms with Crippen LogP contribution in [0.3, 0.4) is 0 Å². The summed E-state index contributed by atoms with van der Waals surface area (Å²) in [7, 11) is 1.66. The van der Waals surface area contributed by atoms with Crippen molar-refractivity contribution in [3.8, 4) is 11.5 Å². The predicted molar refractivity (Wildman–Crippen MR) is 133 cm³/mol. The predicted octanol–water partition coefficient (Wildman–Crippen LogP) is 3.89. The van der Waals surface area contributed by atoms with Gasteiger partial charge >= 0.3 is 0 Å². The molecule has 2 heterocycles. The molecule has 4 rings (SSSR count). The molecule has 7 heteroatoms. The van der Waals surface area contributed by atoms with Gasteiger partial charge in [0.25, 0.3) is 0 Å². The summed E-state index contributed by atoms with van der Waals surface area (Å²) in [5, 5.41) is 0. The molecule has 34 heavy (non-hydrogen) atoms. The highest BCUT2D eigenvalue weighted by Gasteiger charge is 2.30. The van der Waals surface area contributed by atoms with Crippen molar-refractivity contribution in [2.75, 3.05) is 38.2 Å². The van der Waals surface area contributed by atoms with E-state index in [9.17, 15) is 4.79 Å². The molecule has 1 aromatic heterocycles. The summed E-state index contributed by atoms with van der Waals surface area (Å²) in [5.41, 5.74) is 2.34. The van der Waals surface area contributed by atoms with Gasteiger partial charge in [-0.3, -0.25) is 9.69 Å². The maximum absolute atomic E-state index is 12.9. The van der Waals surface area contributed by atoms with Crippen molar-refractivity contribution < 1.29 is 14.3 Å². The van der Waals surface area contributed by atoms with Gasteiger partial charge in [0.2, 0.25) is 5.78 Å². The van der Waals surface area contributed by atoms with Gasteiger partial charge in [0.05, 0.1) is 19.8 Å². The lowest BCUT2D eigenvalue weighted by molar-refractivity contribution is 0.0865. The van der Waals surface area contributed by atoms with E-state index in [2.05, 4.69) is 56.2 Å². The van der Waals surface area contributed by atoms with Crippen molar-refractivity contribution in [3.05, 3.63) is 78.4 Å². The lowest BCUT2D eigenvalue weighted by atomic mass is 10.0. The minimum Gasteiger partial charge on any atom is -0.493 e. The molecule has 1 atom stereocenters. The fourth-order valence-corrected chi connectivity index (χ4v) is 4.32. The first-order valence-electron chi connectivity index (χ1n) is 11.7. The third kappa shape index (κ3) is 5.91. The Labute approximate surface area is 201 Å². The molecule has 3 aromatic rings. The van der Waals surface area contributed by atoms with E-state index in [1.54, 1.807) is 25.6 Å². The lowest BCUT2D eigenvalue weighted by Crippen LogP contribution is -2.55. The zero-order valence-electron chi connectivity index (χ0n) is 20.1. The molecule has 0 radical (unpaired) electrons. The maximum Gasteiger partial charge on any atom is 0.213 e. The highest BCUT2D eigenvalue weighted by atomic mass is 16.5. The van der Waals surface area contributed by atoms with Crippen molar-refractivity contribution in [1.29, 1.82) is 0 Å². The van der Waals surface area contributed by atoms with Crippen LogP contribution in [0.15, 0.2) is 67.0 Å². The van der Waals surface area contributed by atoms with Gasteiger partial charge in [-0.25, -0.2) is 9.97 Å². The highest BCUT2D eigenvalue weighted by Crippen LogP contribution is 2.33. The number of nitrogens with zero attached hydrogens (tertiary/aromatic N) is 4. The van der Waals surface area contributed by atoms with E-state index in [0.29, 0.717) is 6.54 Å². The zero-order valence-corrected chi connectivity index (χ0v) is 20.1. The first kappa shape index (κ1) is 23.7. The third-order valence-corrected chi connectivity index (χ3v) is 5.96. The largest absolute Gasteiger partial charge is 0.493 e. The summed E-state index contributed by atoms with van der Waals surface area (Å²) in [6.07, 6.45) is 4.13. The van der Waals surface area contributed by atoms with E-state index in [4.69, 9.17) is 9.47 Å². The van der Waals surface area contributed by atoms with E-state index in [0.717, 1.165) is 43.2 Å². The second-order valence-electron chi connectivity index (χ2n) is 8.76. The molecule has 178 valence electrons. The zero-order chi connectivity index (χ0) is 23.9. The molecular weight excluding hydrogens is 428 g/mol. The standard InChI is InChI=1S/C27H32N4O3/c1-20(2)34-26-17-22(10-11-25(26)33-3)30-14-15-31(19-24(32)27-28-12-7-13-29-27)23(18-30)16-21-8-5-4-6-9-21/h4-13,17,20,23H,14-16,18-19H2,1-3H3/t23-/m0/s1. The third-order valence-electron chi connectivity index (χ3n) is 5.96. The maximum atomic E-state index is 12.9. The minimum atomic E-state index is -0.0517. The Kier molecular flexibility index (Phi) is 7.75. The number of rotatable bonds is 9. The Bertz CT molecular complexity index is 1080. The molecular formula is C27H32N4O3. The Hall–Kier alpha value is -3.45. The number of carbonyl (C=O) groups is 1. The molecule has 0 saturated carbocycles. The van der Waals surface area contributed by atoms with E-state index >= 15 is 0 Å². The van der Waals surface area contributed by atoms with Gasteiger partial charge in [-0.1, -0.05) is 30.3 Å². The fourth-order valence-electron chi connectivity index (χ4n) is 4.32. The highest BCUT2D eigenvalue weighted by molar-refractivity contribution is 5.94. The van der Waals surface area contributed by atoms with Crippen LogP contribution in [-0.4, -0.2) is 66.1 Å². The van der Waals surface area contributed by atoms with E-state index < -0.39 is 0 Å². The molecule has 1 fully saturated rings. The normalized spacial score (nSPS) is 16.5. The number of carbonyl (C=O) groups excluding carboxylic acids is 1. The molecule has 0 unspecified atom stereocenters. The number of aromatic nitrogens is 2. The van der Waals surface area contributed by atoms with E-state index in [-0.39, 0.29) is 23.8 Å². The summed E-state index contributed by atoms with van der Waals surface area (Å²) in [6, 6.07) is 18.4. The van der Waals surface area contributed by atoms with Gasteiger partial charge in [-0.2, -0.15) is 0 Å². The molecule has 1 saturated heterocycles. The number of Topliss-reactive ketones (excluding diaryl/α,β-unsaturated/α-hetero) is 1. The van der Waals surface area contributed by atoms with Crippen LogP contribution in [0, 0.1) is 0 Å². The first-order chi connectivity index (χ1) is 16.5. The summed E-state index contributed by atoms with van der Waals surface area (Å²) >= 11 is 0. The number of ketones is 1. The number of methoxy groups -OCH3 is 1. The smallest absolute Gasteiger partial charge is 0.213 e. The molecule has 2 aromatic carbocycles. The quantitative estimate of drug-likeness (QED) is 0.449. The SMILES string of the molecule is COc1ccc(N2CCN(CC(=O)c3ncccn3)[C@@H](Cc3ccccc3)C2)cc1OC(C)C. The fraction of sp³-hybridized carbons (Fsp3) is 0.370. The van der Waals surface area contributed by atoms with E-state index in [1.165, 1.54) is 5.56 Å². The van der Waals surface area contributed by atoms with Gasteiger partial charge in [0.15, 0.2) is 17.3 Å². The van der Waals surface area contributed by atoms with Crippen molar-refractivity contribution in [3.63, 3.8) is 0 Å². The number of piperazine rings is 1. The Morgan fingerprint density at radius 3 is 2.50 bits per heavy atom. The topological polar surface area (TPSA) is 67.8 Å². The van der Waals surface area contributed by atoms with Crippen LogP contribution in [0.1, 0.15) is 30.0 Å². The van der Waals surface area contributed by atoms with Crippen LogP contribution in [0.5, 0.6) is 11.5 Å². The van der Waals surface area contributed by atoms with Crippen molar-refractivity contribution >= 4 is 11.5 Å². The van der Waals surface area contributed by atoms with Gasteiger partial charge < -0.3 is 14.4 Å². The Morgan fingerprint density at radius 2 is 1.79 bits per heavy atom. The second-order valence-corrected chi connectivity index (χ2v) is 8.76. The van der Waals surface area contributed by atoms with Crippen LogP contribution in [0.25, 0.3) is 0 Å². The molecule has 0 aliphatic carbocycles. The average molecular weight is 461 g/mol. The number of benzene rings is 2. The first-order valence-corrected chi connectivity index (χ1v) is 11.7. The van der Waals surface area contributed by atoms with Crippen LogP contribution in [0.4, 0.5) is 5.69 Å². The number of hydrogen-bond donors (Lipinski definition) is 0. The molecule has 0 spiro atoms. The molecule has 0 bridgehead atoms. The van der Waals surface area contributed by atoms with E-state index in [1.807, 2.05) is 26.0 Å². The van der Waals surface area contributed by atoms with Gasteiger partial charge in [-0.15, -0.1) is 0 Å². The van der Waals surface area contributed by atoms with Gasteiger partial charge in [0.1, 0.15) is 0 Å². The Balaban J connectivity index is 1.55. The van der Waals surface area contributed by atoms with Crippen molar-refractivity contribution in [2.24, 2.45) is 0 Å².